The summed E-state index contributed by atoms with van der Waals surface area (Å²) in [6.45, 7) is 5.60. The van der Waals surface area contributed by atoms with Gasteiger partial charge in [0.1, 0.15) is 0 Å². The van der Waals surface area contributed by atoms with Gasteiger partial charge in [-0.3, -0.25) is 4.98 Å². The van der Waals surface area contributed by atoms with E-state index >= 15 is 0 Å². The lowest BCUT2D eigenvalue weighted by molar-refractivity contribution is 0.194. The Kier molecular flexibility index (Phi) is 4.77. The maximum atomic E-state index is 9.51. The molecule has 4 heteroatoms. The molecule has 1 aromatic rings. The second-order valence-electron chi connectivity index (χ2n) is 5.38. The highest BCUT2D eigenvalue weighted by Crippen LogP contribution is 2.36. The van der Waals surface area contributed by atoms with Crippen LogP contribution in [0.15, 0.2) is 18.3 Å². The summed E-state index contributed by atoms with van der Waals surface area (Å²) >= 11 is 0. The maximum absolute atomic E-state index is 9.51. The summed E-state index contributed by atoms with van der Waals surface area (Å²) < 4.78 is 5.20. The Balaban J connectivity index is 2.11. The van der Waals surface area contributed by atoms with Crippen LogP contribution in [0.3, 0.4) is 0 Å². The molecule has 4 nitrogen and oxygen atoms in total. The molecule has 0 spiro atoms. The first-order valence-corrected chi connectivity index (χ1v) is 7.03. The monoisotopic (exact) mass is 264 g/mol. The normalized spacial score (nSPS) is 18.1. The molecule has 1 aromatic heterocycles. The van der Waals surface area contributed by atoms with Crippen molar-refractivity contribution in [2.24, 2.45) is 5.92 Å². The zero-order chi connectivity index (χ0) is 13.8. The third kappa shape index (κ3) is 3.67. The van der Waals surface area contributed by atoms with Crippen LogP contribution in [-0.4, -0.2) is 36.4 Å². The number of aliphatic hydroxyl groups is 1. The van der Waals surface area contributed by atoms with Gasteiger partial charge in [0.25, 0.3) is 0 Å². The van der Waals surface area contributed by atoms with Crippen molar-refractivity contribution >= 4 is 5.69 Å². The van der Waals surface area contributed by atoms with Crippen molar-refractivity contribution in [1.82, 2.24) is 4.98 Å². The van der Waals surface area contributed by atoms with Crippen LogP contribution >= 0.6 is 0 Å². The van der Waals surface area contributed by atoms with E-state index in [1.165, 1.54) is 12.8 Å². The molecule has 1 heterocycles. The fourth-order valence-corrected chi connectivity index (χ4v) is 2.41. The third-order valence-corrected chi connectivity index (χ3v) is 3.86. The summed E-state index contributed by atoms with van der Waals surface area (Å²) in [7, 11) is 1.73. The number of anilines is 1. The maximum Gasteiger partial charge on any atom is 0.0931 e. The van der Waals surface area contributed by atoms with E-state index in [0.29, 0.717) is 6.04 Å². The average Bonchev–Trinajstić information content (AvgIpc) is 3.23. The molecule has 1 saturated carbocycles. The second kappa shape index (κ2) is 6.35. The third-order valence-electron chi connectivity index (χ3n) is 3.86. The number of ether oxygens (including phenoxy) is 1. The molecule has 0 saturated heterocycles. The summed E-state index contributed by atoms with van der Waals surface area (Å²) in [4.78, 5) is 6.70. The molecule has 2 rings (SSSR count). The molecule has 0 aliphatic heterocycles. The molecular weight excluding hydrogens is 240 g/mol. The number of pyridine rings is 1. The molecule has 0 radical (unpaired) electrons. The van der Waals surface area contributed by atoms with Crippen LogP contribution in [0.1, 0.15) is 38.5 Å². The summed E-state index contributed by atoms with van der Waals surface area (Å²) in [6, 6.07) is 4.47. The van der Waals surface area contributed by atoms with Gasteiger partial charge in [-0.25, -0.2) is 0 Å². The van der Waals surface area contributed by atoms with E-state index < -0.39 is 6.10 Å². The minimum absolute atomic E-state index is 0.512. The lowest BCUT2D eigenvalue weighted by Crippen LogP contribution is -2.37. The standard InChI is InChI=1S/C15H24N2O2/c1-11(13-4-5-13)17(8-9-19-3)14-6-7-15(12(2)18)16-10-14/h6-7,10-13,18H,4-5,8-9H2,1-3H3/t11?,12-/m0/s1. The second-order valence-corrected chi connectivity index (χ2v) is 5.38. The summed E-state index contributed by atoms with van der Waals surface area (Å²) in [5.74, 6) is 0.799. The van der Waals surface area contributed by atoms with Gasteiger partial charge in [-0.2, -0.15) is 0 Å². The van der Waals surface area contributed by atoms with E-state index in [-0.39, 0.29) is 0 Å². The van der Waals surface area contributed by atoms with E-state index in [1.54, 1.807) is 14.0 Å². The van der Waals surface area contributed by atoms with Crippen LogP contribution in [0.4, 0.5) is 5.69 Å². The van der Waals surface area contributed by atoms with Crippen molar-refractivity contribution in [3.05, 3.63) is 24.0 Å². The van der Waals surface area contributed by atoms with E-state index in [1.807, 2.05) is 18.3 Å². The molecule has 1 aliphatic carbocycles. The smallest absolute Gasteiger partial charge is 0.0931 e. The molecular formula is C15H24N2O2. The number of hydrogen-bond acceptors (Lipinski definition) is 4. The Bertz CT molecular complexity index is 388. The number of nitrogens with zero attached hydrogens (tertiary/aromatic N) is 2. The molecule has 19 heavy (non-hydrogen) atoms. The van der Waals surface area contributed by atoms with Gasteiger partial charge in [0, 0.05) is 19.7 Å². The Labute approximate surface area is 115 Å². The van der Waals surface area contributed by atoms with Crippen molar-refractivity contribution in [1.29, 1.82) is 0 Å². The SMILES string of the molecule is COCCN(c1ccc([C@H](C)O)nc1)C(C)C1CC1. The number of methoxy groups -OCH3 is 1. The van der Waals surface area contributed by atoms with Crippen LogP contribution in [-0.2, 0) is 4.74 Å². The van der Waals surface area contributed by atoms with Gasteiger partial charge in [-0.15, -0.1) is 0 Å². The first kappa shape index (κ1) is 14.3. The van der Waals surface area contributed by atoms with Crippen molar-refractivity contribution < 1.29 is 9.84 Å². The van der Waals surface area contributed by atoms with Crippen LogP contribution in [0.5, 0.6) is 0 Å². The highest BCUT2D eigenvalue weighted by Gasteiger charge is 2.32. The average molecular weight is 264 g/mol. The fraction of sp³-hybridized carbons (Fsp3) is 0.667. The summed E-state index contributed by atoms with van der Waals surface area (Å²) in [5.41, 5.74) is 1.83. The predicted octanol–water partition coefficient (Wildman–Crippen LogP) is 2.39. The van der Waals surface area contributed by atoms with Crippen LogP contribution in [0.25, 0.3) is 0 Å². The van der Waals surface area contributed by atoms with Gasteiger partial charge in [0.05, 0.1) is 30.3 Å². The van der Waals surface area contributed by atoms with Crippen LogP contribution < -0.4 is 4.90 Å². The molecule has 0 aromatic carbocycles. The van der Waals surface area contributed by atoms with Gasteiger partial charge in [-0.05, 0) is 44.7 Å². The van der Waals surface area contributed by atoms with Gasteiger partial charge in [0.15, 0.2) is 0 Å². The number of rotatable bonds is 7. The van der Waals surface area contributed by atoms with Crippen LogP contribution in [0, 0.1) is 5.92 Å². The van der Waals surface area contributed by atoms with E-state index in [0.717, 1.165) is 30.5 Å². The lowest BCUT2D eigenvalue weighted by atomic mass is 10.1. The minimum Gasteiger partial charge on any atom is -0.387 e. The number of hydrogen-bond donors (Lipinski definition) is 1. The van der Waals surface area contributed by atoms with Gasteiger partial charge in [0.2, 0.25) is 0 Å². The van der Waals surface area contributed by atoms with Crippen molar-refractivity contribution in [2.45, 2.75) is 38.8 Å². The summed E-state index contributed by atoms with van der Waals surface area (Å²) in [5, 5.41) is 9.51. The Hall–Kier alpha value is -1.13. The first-order chi connectivity index (χ1) is 9.13. The summed E-state index contributed by atoms with van der Waals surface area (Å²) in [6.07, 6.45) is 3.99. The Morgan fingerprint density at radius 3 is 2.63 bits per heavy atom. The highest BCUT2D eigenvalue weighted by molar-refractivity contribution is 5.46. The van der Waals surface area contributed by atoms with Crippen LogP contribution in [0.2, 0.25) is 0 Å². The largest absolute Gasteiger partial charge is 0.387 e. The van der Waals surface area contributed by atoms with Gasteiger partial charge in [-0.1, -0.05) is 0 Å². The van der Waals surface area contributed by atoms with Gasteiger partial charge < -0.3 is 14.7 Å². The Morgan fingerprint density at radius 2 is 2.16 bits per heavy atom. The molecule has 0 amide bonds. The molecule has 1 fully saturated rings. The molecule has 2 atom stereocenters. The first-order valence-electron chi connectivity index (χ1n) is 7.03. The number of aliphatic hydroxyl groups excluding tert-OH is 1. The van der Waals surface area contributed by atoms with Gasteiger partial charge >= 0.3 is 0 Å². The number of aromatic nitrogens is 1. The van der Waals surface area contributed by atoms with Crippen molar-refractivity contribution in [3.63, 3.8) is 0 Å². The molecule has 0 bridgehead atoms. The molecule has 1 N–H and O–H groups in total. The zero-order valence-corrected chi connectivity index (χ0v) is 12.0. The molecule has 1 unspecified atom stereocenters. The Morgan fingerprint density at radius 1 is 1.42 bits per heavy atom. The highest BCUT2D eigenvalue weighted by atomic mass is 16.5. The quantitative estimate of drug-likeness (QED) is 0.821. The lowest BCUT2D eigenvalue weighted by Gasteiger charge is -2.31. The van der Waals surface area contributed by atoms with E-state index in [4.69, 9.17) is 4.74 Å². The predicted molar refractivity (Wildman–Crippen MR) is 76.3 cm³/mol. The van der Waals surface area contributed by atoms with Crippen molar-refractivity contribution in [3.8, 4) is 0 Å². The fourth-order valence-electron chi connectivity index (χ4n) is 2.41. The zero-order valence-electron chi connectivity index (χ0n) is 12.0. The van der Waals surface area contributed by atoms with E-state index in [2.05, 4.69) is 16.8 Å². The topological polar surface area (TPSA) is 45.6 Å². The molecule has 106 valence electrons. The van der Waals surface area contributed by atoms with Crippen molar-refractivity contribution in [2.75, 3.05) is 25.2 Å². The molecule has 1 aliphatic rings. The van der Waals surface area contributed by atoms with E-state index in [9.17, 15) is 5.11 Å². The minimum atomic E-state index is -0.512.